The summed E-state index contributed by atoms with van der Waals surface area (Å²) in [6.07, 6.45) is 12.4. The number of nitrogens with zero attached hydrogens (tertiary/aromatic N) is 4. The van der Waals surface area contributed by atoms with Gasteiger partial charge in [0.2, 0.25) is 0 Å². The maximum absolute atomic E-state index is 13.8. The van der Waals surface area contributed by atoms with Crippen LogP contribution in [0.4, 0.5) is 32.3 Å². The molecule has 4 amide bonds. The molecule has 5 rings (SSSR count). The van der Waals surface area contributed by atoms with Gasteiger partial charge in [0, 0.05) is 60.8 Å². The fourth-order valence-corrected chi connectivity index (χ4v) is 6.82. The molecular formula is C36H44N6O6. The van der Waals surface area contributed by atoms with E-state index in [1.54, 1.807) is 24.3 Å². The molecule has 0 spiro atoms. The van der Waals surface area contributed by atoms with Crippen molar-refractivity contribution in [3.8, 4) is 0 Å². The van der Waals surface area contributed by atoms with Crippen LogP contribution in [0, 0.1) is 20.2 Å². The summed E-state index contributed by atoms with van der Waals surface area (Å²) in [7, 11) is 0. The number of nitro benzene ring substituents is 2. The van der Waals surface area contributed by atoms with E-state index >= 15 is 0 Å². The van der Waals surface area contributed by atoms with E-state index in [-0.39, 0.29) is 35.5 Å². The van der Waals surface area contributed by atoms with E-state index in [0.29, 0.717) is 24.5 Å². The Kier molecular flexibility index (Phi) is 12.0. The summed E-state index contributed by atoms with van der Waals surface area (Å²) in [6, 6.07) is 19.4. The van der Waals surface area contributed by atoms with Gasteiger partial charge in [-0.05, 0) is 61.1 Å². The maximum Gasteiger partial charge on any atom is 0.322 e. The Balaban J connectivity index is 1.34. The topological polar surface area (TPSA) is 151 Å². The number of benzene rings is 3. The molecule has 48 heavy (non-hydrogen) atoms. The number of nitro groups is 2. The van der Waals surface area contributed by atoms with Gasteiger partial charge in [0.15, 0.2) is 0 Å². The number of carbonyl (C=O) groups is 2. The van der Waals surface area contributed by atoms with Crippen LogP contribution in [0.3, 0.4) is 0 Å². The number of hydrogen-bond acceptors (Lipinski definition) is 6. The predicted octanol–water partition coefficient (Wildman–Crippen LogP) is 9.02. The Hall–Kier alpha value is -5.00. The van der Waals surface area contributed by atoms with E-state index in [2.05, 4.69) is 16.7 Å². The van der Waals surface area contributed by atoms with Gasteiger partial charge in [0.1, 0.15) is 0 Å². The quantitative estimate of drug-likeness (QED) is 0.126. The molecule has 0 unspecified atom stereocenters. The van der Waals surface area contributed by atoms with Crippen molar-refractivity contribution >= 4 is 34.8 Å². The first kappa shape index (κ1) is 34.3. The summed E-state index contributed by atoms with van der Waals surface area (Å²) in [5, 5.41) is 28.1. The molecule has 12 heteroatoms. The first-order valence-corrected chi connectivity index (χ1v) is 17.0. The Labute approximate surface area is 280 Å². The lowest BCUT2D eigenvalue weighted by molar-refractivity contribution is -0.385. The zero-order chi connectivity index (χ0) is 33.9. The van der Waals surface area contributed by atoms with Crippen LogP contribution in [0.5, 0.6) is 0 Å². The fourth-order valence-electron chi connectivity index (χ4n) is 6.82. The van der Waals surface area contributed by atoms with Crippen LogP contribution in [0.2, 0.25) is 0 Å². The summed E-state index contributed by atoms with van der Waals surface area (Å²) in [5.41, 5.74) is 2.82. The zero-order valence-electron chi connectivity index (χ0n) is 27.2. The molecule has 0 aliphatic heterocycles. The third kappa shape index (κ3) is 9.52. The molecule has 2 aliphatic carbocycles. The lowest BCUT2D eigenvalue weighted by atomic mass is 10.0. The van der Waals surface area contributed by atoms with E-state index in [9.17, 15) is 29.8 Å². The second-order valence-corrected chi connectivity index (χ2v) is 12.8. The van der Waals surface area contributed by atoms with Crippen molar-refractivity contribution < 1.29 is 19.4 Å². The molecule has 0 saturated heterocycles. The third-order valence-corrected chi connectivity index (χ3v) is 9.41. The van der Waals surface area contributed by atoms with E-state index in [1.165, 1.54) is 24.3 Å². The predicted molar refractivity (Wildman–Crippen MR) is 185 cm³/mol. The highest BCUT2D eigenvalue weighted by molar-refractivity contribution is 5.90. The summed E-state index contributed by atoms with van der Waals surface area (Å²) < 4.78 is 0. The standard InChI is InChI=1S/C36H44N6O6/c43-35(37-29-16-20-33(21-17-29)41(45)46)39(31-12-5-1-2-6-13-31)25-27-10-9-11-28(24-27)26-40(32-14-7-3-4-8-15-32)36(44)38-30-18-22-34(23-19-30)42(47)48/h9-11,16-24,31-32H,1-8,12-15,25-26H2,(H,37,43)(H,38,44). The molecule has 2 saturated carbocycles. The van der Waals surface area contributed by atoms with E-state index in [1.807, 2.05) is 28.0 Å². The van der Waals surface area contributed by atoms with Crippen LogP contribution in [-0.4, -0.2) is 43.8 Å². The Bertz CT molecular complexity index is 1440. The van der Waals surface area contributed by atoms with Gasteiger partial charge in [-0.25, -0.2) is 9.59 Å². The highest BCUT2D eigenvalue weighted by Crippen LogP contribution is 2.28. The average Bonchev–Trinajstić information content (AvgIpc) is 3.53. The summed E-state index contributed by atoms with van der Waals surface area (Å²) >= 11 is 0. The number of anilines is 2. The molecule has 0 heterocycles. The van der Waals surface area contributed by atoms with Gasteiger partial charge in [-0.3, -0.25) is 20.2 Å². The molecule has 2 N–H and O–H groups in total. The lowest BCUT2D eigenvalue weighted by Gasteiger charge is -2.33. The van der Waals surface area contributed by atoms with Crippen molar-refractivity contribution in [3.63, 3.8) is 0 Å². The zero-order valence-corrected chi connectivity index (χ0v) is 27.2. The molecule has 2 fully saturated rings. The first-order valence-electron chi connectivity index (χ1n) is 17.0. The maximum atomic E-state index is 13.8. The van der Waals surface area contributed by atoms with Gasteiger partial charge in [0.25, 0.3) is 11.4 Å². The van der Waals surface area contributed by atoms with Gasteiger partial charge >= 0.3 is 12.1 Å². The lowest BCUT2D eigenvalue weighted by Crippen LogP contribution is -2.42. The summed E-state index contributed by atoms with van der Waals surface area (Å²) in [4.78, 5) is 52.5. The molecule has 3 aromatic carbocycles. The SMILES string of the molecule is O=C(Nc1ccc([N+](=O)[O-])cc1)N(Cc1cccc(CN(C(=O)Nc2ccc([N+](=O)[O-])cc2)C2CCCCCC2)c1)C1CCCCCC1. The number of urea groups is 2. The van der Waals surface area contributed by atoms with Crippen molar-refractivity contribution in [2.45, 2.75) is 102 Å². The van der Waals surface area contributed by atoms with Crippen LogP contribution in [0.1, 0.15) is 88.2 Å². The Morgan fingerprint density at radius 1 is 0.583 bits per heavy atom. The number of amides is 4. The third-order valence-electron chi connectivity index (χ3n) is 9.41. The van der Waals surface area contributed by atoms with Crippen LogP contribution < -0.4 is 10.6 Å². The van der Waals surface area contributed by atoms with Crippen molar-refractivity contribution in [1.82, 2.24) is 9.80 Å². The van der Waals surface area contributed by atoms with Crippen molar-refractivity contribution in [3.05, 3.63) is 104 Å². The van der Waals surface area contributed by atoms with Gasteiger partial charge in [0.05, 0.1) is 9.85 Å². The highest BCUT2D eigenvalue weighted by Gasteiger charge is 2.27. The van der Waals surface area contributed by atoms with Crippen molar-refractivity contribution in [2.24, 2.45) is 0 Å². The molecular weight excluding hydrogens is 612 g/mol. The second-order valence-electron chi connectivity index (χ2n) is 12.8. The number of rotatable bonds is 10. The van der Waals surface area contributed by atoms with Crippen molar-refractivity contribution in [2.75, 3.05) is 10.6 Å². The molecule has 0 radical (unpaired) electrons. The molecule has 0 bridgehead atoms. The number of carbonyl (C=O) groups excluding carboxylic acids is 2. The van der Waals surface area contributed by atoms with Gasteiger partial charge in [-0.15, -0.1) is 0 Å². The molecule has 12 nitrogen and oxygen atoms in total. The van der Waals surface area contributed by atoms with Crippen LogP contribution in [0.25, 0.3) is 0 Å². The van der Waals surface area contributed by atoms with Gasteiger partial charge in [-0.1, -0.05) is 75.6 Å². The van der Waals surface area contributed by atoms with E-state index in [4.69, 9.17) is 0 Å². The fraction of sp³-hybridized carbons (Fsp3) is 0.444. The van der Waals surface area contributed by atoms with Crippen LogP contribution in [0.15, 0.2) is 72.8 Å². The largest absolute Gasteiger partial charge is 0.322 e. The Morgan fingerprint density at radius 3 is 1.27 bits per heavy atom. The number of hydrogen-bond donors (Lipinski definition) is 2. The average molecular weight is 657 g/mol. The minimum absolute atomic E-state index is 0.0373. The minimum Gasteiger partial charge on any atom is -0.317 e. The second kappa shape index (κ2) is 16.7. The molecule has 3 aromatic rings. The minimum atomic E-state index is -0.466. The summed E-state index contributed by atoms with van der Waals surface area (Å²) in [6.45, 7) is 0.769. The van der Waals surface area contributed by atoms with Crippen LogP contribution in [-0.2, 0) is 13.1 Å². The molecule has 0 atom stereocenters. The van der Waals surface area contributed by atoms with E-state index < -0.39 is 9.85 Å². The molecule has 0 aromatic heterocycles. The summed E-state index contributed by atoms with van der Waals surface area (Å²) in [5.74, 6) is 0. The molecule has 2 aliphatic rings. The molecule has 254 valence electrons. The van der Waals surface area contributed by atoms with Crippen molar-refractivity contribution in [1.29, 1.82) is 0 Å². The first-order chi connectivity index (χ1) is 23.3. The van der Waals surface area contributed by atoms with Gasteiger partial charge < -0.3 is 20.4 Å². The Morgan fingerprint density at radius 2 is 0.938 bits per heavy atom. The number of non-ortho nitro benzene ring substituents is 2. The van der Waals surface area contributed by atoms with E-state index in [0.717, 1.165) is 88.2 Å². The highest BCUT2D eigenvalue weighted by atomic mass is 16.6. The monoisotopic (exact) mass is 656 g/mol. The normalized spacial score (nSPS) is 15.8. The smallest absolute Gasteiger partial charge is 0.317 e. The number of nitrogens with one attached hydrogen (secondary N) is 2. The van der Waals surface area contributed by atoms with Gasteiger partial charge in [-0.2, -0.15) is 0 Å². The van der Waals surface area contributed by atoms with Crippen LogP contribution >= 0.6 is 0 Å².